The maximum atomic E-state index is 2.66. The second kappa shape index (κ2) is 2.46. The Morgan fingerprint density at radius 2 is 0.750 bits per heavy atom. The van der Waals surface area contributed by atoms with E-state index in [0.717, 1.165) is 44.3 Å². The van der Waals surface area contributed by atoms with Gasteiger partial charge in [0.2, 0.25) is 0 Å². The SMILES string of the molecule is CC12CC3CC1(C)CC3(C13CC4(C)CC1CC4(C)C3)C2. The Morgan fingerprint density at radius 1 is 0.500 bits per heavy atom. The van der Waals surface area contributed by atoms with E-state index in [1.165, 1.54) is 0 Å². The molecule has 0 heterocycles. The van der Waals surface area contributed by atoms with Crippen LogP contribution in [0.4, 0.5) is 0 Å². The Bertz CT molecular complexity index is 470. The summed E-state index contributed by atoms with van der Waals surface area (Å²) in [6.45, 7) is 10.6. The van der Waals surface area contributed by atoms with Crippen molar-refractivity contribution in [2.45, 2.75) is 79.1 Å². The van der Waals surface area contributed by atoms with Gasteiger partial charge in [-0.1, -0.05) is 27.7 Å². The molecule has 0 aliphatic heterocycles. The quantitative estimate of drug-likeness (QED) is 0.597. The molecule has 8 rings (SSSR count). The summed E-state index contributed by atoms with van der Waals surface area (Å²) < 4.78 is 0. The zero-order chi connectivity index (χ0) is 13.8. The van der Waals surface area contributed by atoms with Crippen molar-refractivity contribution in [1.82, 2.24) is 0 Å². The van der Waals surface area contributed by atoms with Gasteiger partial charge < -0.3 is 0 Å². The maximum absolute atomic E-state index is 2.66. The molecule has 0 aromatic carbocycles. The lowest BCUT2D eigenvalue weighted by Crippen LogP contribution is -2.41. The van der Waals surface area contributed by atoms with Crippen LogP contribution in [0.1, 0.15) is 79.1 Å². The minimum atomic E-state index is 0.722. The van der Waals surface area contributed by atoms with Gasteiger partial charge in [-0.05, 0) is 95.7 Å². The fraction of sp³-hybridized carbons (Fsp3) is 1.00. The summed E-state index contributed by atoms with van der Waals surface area (Å²) in [5, 5.41) is 0. The van der Waals surface area contributed by atoms with Crippen molar-refractivity contribution in [2.24, 2.45) is 44.3 Å². The molecule has 0 heteroatoms. The highest BCUT2D eigenvalue weighted by Crippen LogP contribution is 2.94. The summed E-state index contributed by atoms with van der Waals surface area (Å²) in [4.78, 5) is 0. The van der Waals surface area contributed by atoms with Crippen molar-refractivity contribution in [2.75, 3.05) is 0 Å². The Labute approximate surface area is 124 Å². The molecule has 0 aromatic rings. The Hall–Kier alpha value is 0. The van der Waals surface area contributed by atoms with E-state index in [-0.39, 0.29) is 0 Å². The van der Waals surface area contributed by atoms with Crippen molar-refractivity contribution >= 4 is 0 Å². The van der Waals surface area contributed by atoms with Crippen molar-refractivity contribution < 1.29 is 0 Å². The molecule has 20 heavy (non-hydrogen) atoms. The molecule has 8 aliphatic carbocycles. The van der Waals surface area contributed by atoms with E-state index in [9.17, 15) is 0 Å². The lowest BCUT2D eigenvalue weighted by atomic mass is 9.56. The average Bonchev–Trinajstić information content (AvgIpc) is 3.02. The van der Waals surface area contributed by atoms with Crippen LogP contribution in [-0.2, 0) is 0 Å². The summed E-state index contributed by atoms with van der Waals surface area (Å²) in [6.07, 6.45) is 12.8. The largest absolute Gasteiger partial charge is 0.0591 e. The number of hydrogen-bond donors (Lipinski definition) is 0. The third-order valence-corrected chi connectivity index (χ3v) is 11.1. The van der Waals surface area contributed by atoms with Crippen LogP contribution >= 0.6 is 0 Å². The number of hydrogen-bond acceptors (Lipinski definition) is 0. The highest BCUT2D eigenvalue weighted by Gasteiger charge is 2.86. The van der Waals surface area contributed by atoms with Gasteiger partial charge in [-0.3, -0.25) is 0 Å². The topological polar surface area (TPSA) is 0 Å². The zero-order valence-electron chi connectivity index (χ0n) is 13.8. The van der Waals surface area contributed by atoms with Crippen LogP contribution in [0.5, 0.6) is 0 Å². The fourth-order valence-corrected chi connectivity index (χ4v) is 10.2. The summed E-state index contributed by atoms with van der Waals surface area (Å²) >= 11 is 0. The molecular weight excluding hydrogens is 240 g/mol. The molecule has 8 aliphatic rings. The Balaban J connectivity index is 1.56. The normalized spacial score (nSPS) is 78.6. The Kier molecular flexibility index (Phi) is 1.42. The third kappa shape index (κ3) is 0.755. The highest BCUT2D eigenvalue weighted by molar-refractivity contribution is 5.34. The molecule has 0 saturated heterocycles. The number of rotatable bonds is 1. The molecule has 0 nitrogen and oxygen atoms in total. The smallest absolute Gasteiger partial charge is 0.0198 e. The lowest BCUT2D eigenvalue weighted by Gasteiger charge is -2.48. The molecule has 8 fully saturated rings. The van der Waals surface area contributed by atoms with E-state index in [1.807, 2.05) is 0 Å². The molecule has 110 valence electrons. The van der Waals surface area contributed by atoms with Crippen LogP contribution in [0.2, 0.25) is 0 Å². The first kappa shape index (κ1) is 11.6. The predicted octanol–water partition coefficient (Wildman–Crippen LogP) is 5.42. The van der Waals surface area contributed by atoms with E-state index in [2.05, 4.69) is 27.7 Å². The second-order valence-electron chi connectivity index (χ2n) is 11.5. The molecule has 0 amide bonds. The molecule has 0 aromatic heterocycles. The van der Waals surface area contributed by atoms with Gasteiger partial charge in [0.15, 0.2) is 0 Å². The van der Waals surface area contributed by atoms with E-state index >= 15 is 0 Å². The molecule has 8 saturated carbocycles. The summed E-state index contributed by atoms with van der Waals surface area (Å²) in [7, 11) is 0. The van der Waals surface area contributed by atoms with Crippen molar-refractivity contribution in [3.8, 4) is 0 Å². The van der Waals surface area contributed by atoms with Gasteiger partial charge in [0.05, 0.1) is 0 Å². The minimum absolute atomic E-state index is 0.722. The van der Waals surface area contributed by atoms with Crippen LogP contribution in [-0.4, -0.2) is 0 Å². The van der Waals surface area contributed by atoms with Crippen molar-refractivity contribution in [1.29, 1.82) is 0 Å². The lowest BCUT2D eigenvalue weighted by molar-refractivity contribution is 0.000548. The molecule has 0 spiro atoms. The molecular formula is C20H30. The van der Waals surface area contributed by atoms with E-state index in [4.69, 9.17) is 0 Å². The van der Waals surface area contributed by atoms with Crippen LogP contribution < -0.4 is 0 Å². The van der Waals surface area contributed by atoms with E-state index in [1.54, 1.807) is 51.4 Å². The van der Waals surface area contributed by atoms with Crippen LogP contribution in [0.15, 0.2) is 0 Å². The van der Waals surface area contributed by atoms with Gasteiger partial charge in [-0.15, -0.1) is 0 Å². The molecule has 8 bridgehead atoms. The molecule has 4 atom stereocenters. The van der Waals surface area contributed by atoms with Gasteiger partial charge in [-0.2, -0.15) is 0 Å². The highest BCUT2D eigenvalue weighted by atomic mass is 14.9. The first-order chi connectivity index (χ1) is 9.20. The monoisotopic (exact) mass is 270 g/mol. The van der Waals surface area contributed by atoms with Crippen LogP contribution in [0.25, 0.3) is 0 Å². The first-order valence-electron chi connectivity index (χ1n) is 9.20. The summed E-state index contributed by atoms with van der Waals surface area (Å²) in [5.74, 6) is 2.23. The van der Waals surface area contributed by atoms with Gasteiger partial charge in [0.25, 0.3) is 0 Å². The van der Waals surface area contributed by atoms with Crippen LogP contribution in [0, 0.1) is 44.3 Å². The molecule has 0 radical (unpaired) electrons. The van der Waals surface area contributed by atoms with E-state index in [0.29, 0.717) is 0 Å². The second-order valence-corrected chi connectivity index (χ2v) is 11.5. The Morgan fingerprint density at radius 3 is 0.900 bits per heavy atom. The van der Waals surface area contributed by atoms with Crippen molar-refractivity contribution in [3.63, 3.8) is 0 Å². The first-order valence-corrected chi connectivity index (χ1v) is 9.20. The summed E-state index contributed by atoms with van der Waals surface area (Å²) in [6, 6.07) is 0. The molecule has 4 unspecified atom stereocenters. The molecule has 0 N–H and O–H groups in total. The average molecular weight is 270 g/mol. The fourth-order valence-electron chi connectivity index (χ4n) is 10.2. The van der Waals surface area contributed by atoms with Gasteiger partial charge in [0, 0.05) is 0 Å². The maximum Gasteiger partial charge on any atom is -0.0198 e. The van der Waals surface area contributed by atoms with Crippen LogP contribution in [0.3, 0.4) is 0 Å². The predicted molar refractivity (Wildman–Crippen MR) is 81.2 cm³/mol. The summed E-state index contributed by atoms with van der Waals surface area (Å²) in [5.41, 5.74) is 4.48. The van der Waals surface area contributed by atoms with Crippen molar-refractivity contribution in [3.05, 3.63) is 0 Å². The van der Waals surface area contributed by atoms with Gasteiger partial charge in [0.1, 0.15) is 0 Å². The van der Waals surface area contributed by atoms with E-state index < -0.39 is 0 Å². The van der Waals surface area contributed by atoms with Gasteiger partial charge >= 0.3 is 0 Å². The van der Waals surface area contributed by atoms with Gasteiger partial charge in [-0.25, -0.2) is 0 Å². The third-order valence-electron chi connectivity index (χ3n) is 11.1. The zero-order valence-corrected chi connectivity index (χ0v) is 13.8. The minimum Gasteiger partial charge on any atom is -0.0591 e. The standard InChI is InChI=1S/C20H30/c1-15-5-13-6-16(15,2)10-19(13,9-15)20-11-17(3)7-14(20)8-18(17,4)12-20/h13-14H,5-12H2,1-4H3.